The Morgan fingerprint density at radius 2 is 1.74 bits per heavy atom. The Morgan fingerprint density at radius 1 is 1.00 bits per heavy atom. The van der Waals surface area contributed by atoms with E-state index in [-0.39, 0.29) is 28.5 Å². The van der Waals surface area contributed by atoms with Crippen LogP contribution in [0.2, 0.25) is 0 Å². The highest BCUT2D eigenvalue weighted by Crippen LogP contribution is 2.32. The number of nitrogens with one attached hydrogen (secondary N) is 1. The van der Waals surface area contributed by atoms with Gasteiger partial charge in [0.05, 0.1) is 16.9 Å². The lowest BCUT2D eigenvalue weighted by Gasteiger charge is -2.08. The van der Waals surface area contributed by atoms with Crippen LogP contribution in [0, 0.1) is 19.7 Å². The summed E-state index contributed by atoms with van der Waals surface area (Å²) in [5.74, 6) is -1.47. The van der Waals surface area contributed by atoms with E-state index in [9.17, 15) is 24.2 Å². The number of hydrogen-bond donors (Lipinski definition) is 3. The minimum Gasteiger partial charge on any atom is -0.505 e. The van der Waals surface area contributed by atoms with Crippen LogP contribution in [0.3, 0.4) is 0 Å². The Labute approximate surface area is 200 Å². The first-order valence-corrected chi connectivity index (χ1v) is 10.9. The second-order valence-corrected chi connectivity index (χ2v) is 8.14. The van der Waals surface area contributed by atoms with Crippen LogP contribution in [-0.2, 0) is 12.8 Å². The van der Waals surface area contributed by atoms with E-state index in [1.807, 2.05) is 6.92 Å². The third-order valence-electron chi connectivity index (χ3n) is 5.72. The van der Waals surface area contributed by atoms with Gasteiger partial charge in [0.15, 0.2) is 5.69 Å². The number of H-pyrrole nitrogens is 1. The zero-order valence-corrected chi connectivity index (χ0v) is 19.1. The highest BCUT2D eigenvalue weighted by atomic mass is 19.1. The first-order valence-electron chi connectivity index (χ1n) is 10.9. The number of rotatable bonds is 7. The van der Waals surface area contributed by atoms with Gasteiger partial charge in [-0.25, -0.2) is 13.9 Å². The molecule has 0 aliphatic carbocycles. The van der Waals surface area contributed by atoms with Crippen molar-refractivity contribution in [1.29, 1.82) is 0 Å². The number of phenols is 1. The van der Waals surface area contributed by atoms with Crippen molar-refractivity contribution in [3.63, 3.8) is 0 Å². The first-order chi connectivity index (χ1) is 16.7. The van der Waals surface area contributed by atoms with Crippen molar-refractivity contribution in [2.24, 2.45) is 10.2 Å². The second-order valence-electron chi connectivity index (χ2n) is 8.14. The molecule has 0 unspecified atom stereocenters. The third-order valence-corrected chi connectivity index (χ3v) is 5.72. The van der Waals surface area contributed by atoms with Gasteiger partial charge < -0.3 is 10.2 Å². The molecule has 9 heteroatoms. The maximum Gasteiger partial charge on any atom is 0.335 e. The molecule has 0 aliphatic rings. The molecule has 3 N–H and O–H groups in total. The number of aromatic nitrogens is 2. The van der Waals surface area contributed by atoms with Crippen LogP contribution in [0.5, 0.6) is 5.75 Å². The minimum absolute atomic E-state index is 0.0333. The summed E-state index contributed by atoms with van der Waals surface area (Å²) < 4.78 is 14.8. The Morgan fingerprint density at radius 3 is 2.51 bits per heavy atom. The molecule has 178 valence electrons. The van der Waals surface area contributed by atoms with Gasteiger partial charge in [-0.05, 0) is 79.8 Å². The van der Waals surface area contributed by atoms with E-state index in [0.29, 0.717) is 29.8 Å². The molecule has 3 aromatic carbocycles. The summed E-state index contributed by atoms with van der Waals surface area (Å²) in [6.45, 7) is 3.55. The lowest BCUT2D eigenvalue weighted by atomic mass is 9.99. The lowest BCUT2D eigenvalue weighted by Crippen LogP contribution is -2.14. The molecular weight excluding hydrogens is 451 g/mol. The number of aromatic hydroxyl groups is 1. The summed E-state index contributed by atoms with van der Waals surface area (Å²) in [5.41, 5.74) is 2.98. The highest BCUT2D eigenvalue weighted by Gasteiger charge is 2.14. The molecule has 0 spiro atoms. The standard InChI is InChI=1S/C26H23FN4O4/c1-15-9-12-20(27)13-18(15)11-10-17-5-4-8-22(24(17)32)28-29-23-16(2)30-31(25(23)33)21-7-3-6-19(14-21)26(34)35/h3-9,12-14,30,32H,10-11H2,1-2H3,(H,34,35). The molecule has 35 heavy (non-hydrogen) atoms. The van der Waals surface area contributed by atoms with E-state index >= 15 is 0 Å². The number of carboxylic acids is 1. The van der Waals surface area contributed by atoms with Crippen LogP contribution in [0.15, 0.2) is 75.7 Å². The zero-order valence-electron chi connectivity index (χ0n) is 19.1. The second kappa shape index (κ2) is 9.76. The molecule has 8 nitrogen and oxygen atoms in total. The fraction of sp³-hybridized carbons (Fsp3) is 0.154. The molecule has 0 saturated heterocycles. The number of azo groups is 1. The van der Waals surface area contributed by atoms with E-state index in [2.05, 4.69) is 15.3 Å². The van der Waals surface area contributed by atoms with Crippen LogP contribution in [0.25, 0.3) is 5.69 Å². The molecule has 1 heterocycles. The lowest BCUT2D eigenvalue weighted by molar-refractivity contribution is 0.0697. The van der Waals surface area contributed by atoms with Crippen LogP contribution in [-0.4, -0.2) is 26.0 Å². The van der Waals surface area contributed by atoms with Gasteiger partial charge in [0.2, 0.25) is 0 Å². The molecule has 1 aromatic heterocycles. The van der Waals surface area contributed by atoms with E-state index < -0.39 is 11.5 Å². The first kappa shape index (κ1) is 23.6. The molecule has 4 rings (SSSR count). The summed E-state index contributed by atoms with van der Waals surface area (Å²) in [7, 11) is 0. The molecule has 0 radical (unpaired) electrons. The van der Waals surface area contributed by atoms with Gasteiger partial charge in [-0.15, -0.1) is 10.2 Å². The highest BCUT2D eigenvalue weighted by molar-refractivity contribution is 5.88. The predicted octanol–water partition coefficient (Wildman–Crippen LogP) is 5.53. The van der Waals surface area contributed by atoms with Gasteiger partial charge >= 0.3 is 5.97 Å². The number of hydrogen-bond acceptors (Lipinski definition) is 5. The number of benzene rings is 3. The number of aromatic carboxylic acids is 1. The summed E-state index contributed by atoms with van der Waals surface area (Å²) in [6.07, 6.45) is 1.00. The quantitative estimate of drug-likeness (QED) is 0.305. The SMILES string of the molecule is Cc1ccc(F)cc1CCc1cccc(N=Nc2c(C)[nH]n(-c3cccc(C(=O)O)c3)c2=O)c1O. The van der Waals surface area contributed by atoms with Crippen LogP contribution in [0.4, 0.5) is 15.8 Å². The van der Waals surface area contributed by atoms with Crippen molar-refractivity contribution in [2.45, 2.75) is 26.7 Å². The Balaban J connectivity index is 1.59. The van der Waals surface area contributed by atoms with Gasteiger partial charge in [0, 0.05) is 0 Å². The van der Waals surface area contributed by atoms with Crippen LogP contribution < -0.4 is 5.56 Å². The molecule has 0 atom stereocenters. The average molecular weight is 474 g/mol. The molecule has 0 fully saturated rings. The number of halogens is 1. The third kappa shape index (κ3) is 5.03. The molecule has 0 aliphatic heterocycles. The number of nitrogens with zero attached hydrogens (tertiary/aromatic N) is 3. The summed E-state index contributed by atoms with van der Waals surface area (Å²) in [6, 6.07) is 15.6. The number of carbonyl (C=O) groups is 1. The molecule has 0 saturated carbocycles. The van der Waals surface area contributed by atoms with Gasteiger partial charge in [-0.2, -0.15) is 0 Å². The largest absolute Gasteiger partial charge is 0.505 e. The summed E-state index contributed by atoms with van der Waals surface area (Å²) >= 11 is 0. The number of phenolic OH excluding ortho intramolecular Hbond substituents is 1. The van der Waals surface area contributed by atoms with Crippen molar-refractivity contribution in [3.05, 3.63) is 105 Å². The van der Waals surface area contributed by atoms with Gasteiger partial charge in [0.25, 0.3) is 5.56 Å². The van der Waals surface area contributed by atoms with Gasteiger partial charge in [-0.3, -0.25) is 9.89 Å². The molecule has 4 aromatic rings. The zero-order chi connectivity index (χ0) is 25.1. The number of carboxylic acid groups (broad SMARTS) is 1. The summed E-state index contributed by atoms with van der Waals surface area (Å²) in [5, 5.41) is 30.9. The average Bonchev–Trinajstić information content (AvgIpc) is 3.12. The van der Waals surface area contributed by atoms with Gasteiger partial charge in [-0.1, -0.05) is 24.3 Å². The topological polar surface area (TPSA) is 120 Å². The van der Waals surface area contributed by atoms with Crippen LogP contribution >= 0.6 is 0 Å². The Kier molecular flexibility index (Phi) is 6.59. The van der Waals surface area contributed by atoms with Crippen molar-refractivity contribution >= 4 is 17.3 Å². The van der Waals surface area contributed by atoms with Gasteiger partial charge in [0.1, 0.15) is 17.3 Å². The van der Waals surface area contributed by atoms with Crippen molar-refractivity contribution in [3.8, 4) is 11.4 Å². The van der Waals surface area contributed by atoms with E-state index in [1.165, 1.54) is 35.0 Å². The molecule has 0 amide bonds. The smallest absolute Gasteiger partial charge is 0.335 e. The number of para-hydroxylation sites is 1. The van der Waals surface area contributed by atoms with Crippen molar-refractivity contribution in [1.82, 2.24) is 9.78 Å². The van der Waals surface area contributed by atoms with E-state index in [1.54, 1.807) is 37.3 Å². The fourth-order valence-corrected chi connectivity index (χ4v) is 3.76. The van der Waals surface area contributed by atoms with Crippen molar-refractivity contribution in [2.75, 3.05) is 0 Å². The maximum absolute atomic E-state index is 13.6. The minimum atomic E-state index is -1.11. The Bertz CT molecular complexity index is 1500. The normalized spacial score (nSPS) is 11.3. The number of aromatic amines is 1. The van der Waals surface area contributed by atoms with E-state index in [0.717, 1.165) is 11.1 Å². The number of aryl methyl sites for hydroxylation is 4. The predicted molar refractivity (Wildman–Crippen MR) is 129 cm³/mol. The van der Waals surface area contributed by atoms with Crippen LogP contribution in [0.1, 0.15) is 32.7 Å². The maximum atomic E-state index is 13.6. The molecule has 0 bridgehead atoms. The Hall–Kier alpha value is -4.53. The molecular formula is C26H23FN4O4. The fourth-order valence-electron chi connectivity index (χ4n) is 3.76. The summed E-state index contributed by atoms with van der Waals surface area (Å²) in [4.78, 5) is 24.1. The van der Waals surface area contributed by atoms with Crippen molar-refractivity contribution < 1.29 is 19.4 Å². The monoisotopic (exact) mass is 474 g/mol. The van der Waals surface area contributed by atoms with E-state index in [4.69, 9.17) is 0 Å².